The Morgan fingerprint density at radius 2 is 1.87 bits per heavy atom. The zero-order valence-corrected chi connectivity index (χ0v) is 18.8. The van der Waals surface area contributed by atoms with Gasteiger partial charge in [0.25, 0.3) is 0 Å². The third kappa shape index (κ3) is 3.80. The smallest absolute Gasteiger partial charge is 0.228 e. The van der Waals surface area contributed by atoms with E-state index in [1.165, 1.54) is 20.7 Å². The number of rotatable bonds is 5. The number of para-hydroxylation sites is 1. The summed E-state index contributed by atoms with van der Waals surface area (Å²) in [4.78, 5) is 21.4. The lowest BCUT2D eigenvalue weighted by Crippen LogP contribution is -2.29. The minimum atomic E-state index is 0.169. The second kappa shape index (κ2) is 7.86. The van der Waals surface area contributed by atoms with Crippen LogP contribution in [0, 0.1) is 5.92 Å². The maximum absolute atomic E-state index is 12.6. The number of hydrogen-bond donors (Lipinski definition) is 1. The highest BCUT2D eigenvalue weighted by atomic mass is 32.1. The van der Waals surface area contributed by atoms with E-state index < -0.39 is 0 Å². The van der Waals surface area contributed by atoms with E-state index in [9.17, 15) is 4.79 Å². The van der Waals surface area contributed by atoms with E-state index in [-0.39, 0.29) is 11.8 Å². The van der Waals surface area contributed by atoms with Gasteiger partial charge in [-0.25, -0.2) is 4.98 Å². The number of carbonyl (C=O) groups is 1. The Hall–Kier alpha value is -2.54. The molecule has 4 nitrogen and oxygen atoms in total. The van der Waals surface area contributed by atoms with Crippen molar-refractivity contribution < 1.29 is 4.79 Å². The lowest BCUT2D eigenvalue weighted by atomic mass is 10.0. The second-order valence-electron chi connectivity index (χ2n) is 8.40. The molecular formula is C25H23N3OS2. The molecule has 31 heavy (non-hydrogen) atoms. The first-order valence-corrected chi connectivity index (χ1v) is 12.5. The predicted molar refractivity (Wildman–Crippen MR) is 129 cm³/mol. The second-order valence-corrected chi connectivity index (χ2v) is 10.5. The molecular weight excluding hydrogens is 422 g/mol. The zero-order chi connectivity index (χ0) is 20.8. The number of nitrogens with one attached hydrogen (secondary N) is 1. The Morgan fingerprint density at radius 1 is 1.06 bits per heavy atom. The molecule has 0 bridgehead atoms. The van der Waals surface area contributed by atoms with E-state index >= 15 is 0 Å². The van der Waals surface area contributed by atoms with Gasteiger partial charge in [-0.3, -0.25) is 9.69 Å². The summed E-state index contributed by atoms with van der Waals surface area (Å²) < 4.78 is 1.19. The molecule has 2 aliphatic rings. The van der Waals surface area contributed by atoms with Crippen molar-refractivity contribution in [3.8, 4) is 10.6 Å². The molecule has 1 N–H and O–H groups in total. The van der Waals surface area contributed by atoms with Gasteiger partial charge in [-0.2, -0.15) is 0 Å². The molecule has 6 heteroatoms. The molecule has 1 fully saturated rings. The summed E-state index contributed by atoms with van der Waals surface area (Å²) in [5, 5.41) is 5.28. The number of carbonyl (C=O) groups excluding carboxylic acids is 1. The van der Waals surface area contributed by atoms with Crippen molar-refractivity contribution in [2.24, 2.45) is 5.92 Å². The van der Waals surface area contributed by atoms with E-state index in [1.807, 2.05) is 6.07 Å². The van der Waals surface area contributed by atoms with Gasteiger partial charge in [0, 0.05) is 36.0 Å². The SMILES string of the molecule is O=C(Nc1sc2c(c1-c1nc3ccccc3s1)CCN(Cc1ccccc1)C2)C1CC1. The highest BCUT2D eigenvalue weighted by molar-refractivity contribution is 7.22. The van der Waals surface area contributed by atoms with Crippen LogP contribution in [0.1, 0.15) is 28.8 Å². The number of aromatic nitrogens is 1. The molecule has 0 spiro atoms. The number of hydrogen-bond acceptors (Lipinski definition) is 5. The molecule has 6 rings (SSSR count). The average Bonchev–Trinajstić information content (AvgIpc) is 3.46. The van der Waals surface area contributed by atoms with Gasteiger partial charge in [-0.15, -0.1) is 22.7 Å². The fraction of sp³-hybridized carbons (Fsp3) is 0.280. The number of fused-ring (bicyclic) bond motifs is 2. The topological polar surface area (TPSA) is 45.2 Å². The molecule has 1 aliphatic carbocycles. The van der Waals surface area contributed by atoms with Crippen molar-refractivity contribution in [1.29, 1.82) is 0 Å². The van der Waals surface area contributed by atoms with Gasteiger partial charge in [0.1, 0.15) is 10.0 Å². The third-order valence-electron chi connectivity index (χ3n) is 6.08. The number of benzene rings is 2. The number of thiazole rings is 1. The van der Waals surface area contributed by atoms with E-state index in [2.05, 4.69) is 58.7 Å². The lowest BCUT2D eigenvalue weighted by molar-refractivity contribution is -0.117. The van der Waals surface area contributed by atoms with Crippen LogP contribution in [0.2, 0.25) is 0 Å². The average molecular weight is 446 g/mol. The van der Waals surface area contributed by atoms with Crippen LogP contribution in [0.15, 0.2) is 54.6 Å². The molecule has 0 atom stereocenters. The Bertz CT molecular complexity index is 1220. The molecule has 0 saturated heterocycles. The quantitative estimate of drug-likeness (QED) is 0.414. The standard InChI is InChI=1S/C25H23N3OS2/c29-23(17-10-11-17)27-25-22(24-26-19-8-4-5-9-20(19)30-24)18-12-13-28(15-21(18)31-25)14-16-6-2-1-3-7-16/h1-9,17H,10-15H2,(H,27,29). The molecule has 1 saturated carbocycles. The van der Waals surface area contributed by atoms with Gasteiger partial charge in [0.2, 0.25) is 5.91 Å². The van der Waals surface area contributed by atoms with E-state index in [4.69, 9.17) is 4.98 Å². The van der Waals surface area contributed by atoms with Crippen LogP contribution in [0.4, 0.5) is 5.00 Å². The van der Waals surface area contributed by atoms with Crippen LogP contribution >= 0.6 is 22.7 Å². The fourth-order valence-electron chi connectivity index (χ4n) is 4.29. The molecule has 4 aromatic rings. The summed E-state index contributed by atoms with van der Waals surface area (Å²) in [5.41, 5.74) is 4.91. The normalized spacial score (nSPS) is 16.4. The Labute approximate surface area is 189 Å². The van der Waals surface area contributed by atoms with Crippen molar-refractivity contribution in [1.82, 2.24) is 9.88 Å². The molecule has 2 aromatic heterocycles. The lowest BCUT2D eigenvalue weighted by Gasteiger charge is -2.27. The van der Waals surface area contributed by atoms with Gasteiger partial charge in [0.15, 0.2) is 0 Å². The molecule has 0 unspecified atom stereocenters. The summed E-state index contributed by atoms with van der Waals surface area (Å²) in [6.45, 7) is 2.90. The summed E-state index contributed by atoms with van der Waals surface area (Å²) in [7, 11) is 0. The highest BCUT2D eigenvalue weighted by Gasteiger charge is 2.33. The van der Waals surface area contributed by atoms with E-state index in [1.54, 1.807) is 22.7 Å². The Kier molecular flexibility index (Phi) is 4.86. The number of thiophene rings is 1. The predicted octanol–water partition coefficient (Wildman–Crippen LogP) is 5.93. The number of amides is 1. The van der Waals surface area contributed by atoms with Crippen molar-refractivity contribution in [3.63, 3.8) is 0 Å². The molecule has 156 valence electrons. The van der Waals surface area contributed by atoms with Crippen molar-refractivity contribution in [3.05, 3.63) is 70.6 Å². The van der Waals surface area contributed by atoms with Crippen molar-refractivity contribution >= 4 is 43.8 Å². The van der Waals surface area contributed by atoms with Crippen LogP contribution < -0.4 is 5.32 Å². The maximum Gasteiger partial charge on any atom is 0.228 e. The molecule has 0 radical (unpaired) electrons. The maximum atomic E-state index is 12.6. The van der Waals surface area contributed by atoms with E-state index in [0.717, 1.165) is 60.0 Å². The first kappa shape index (κ1) is 19.2. The monoisotopic (exact) mass is 445 g/mol. The minimum Gasteiger partial charge on any atom is -0.317 e. The molecule has 1 amide bonds. The minimum absolute atomic E-state index is 0.169. The van der Waals surface area contributed by atoms with Gasteiger partial charge in [0.05, 0.1) is 10.2 Å². The summed E-state index contributed by atoms with van der Waals surface area (Å²) in [6, 6.07) is 18.9. The zero-order valence-electron chi connectivity index (χ0n) is 17.1. The van der Waals surface area contributed by atoms with Crippen molar-refractivity contribution in [2.45, 2.75) is 32.4 Å². The first-order chi connectivity index (χ1) is 15.2. The Balaban J connectivity index is 1.36. The van der Waals surface area contributed by atoms with Crippen LogP contribution in [-0.4, -0.2) is 22.3 Å². The van der Waals surface area contributed by atoms with Gasteiger partial charge < -0.3 is 5.32 Å². The highest BCUT2D eigenvalue weighted by Crippen LogP contribution is 2.46. The van der Waals surface area contributed by atoms with E-state index in [0.29, 0.717) is 0 Å². The summed E-state index contributed by atoms with van der Waals surface area (Å²) >= 11 is 3.47. The Morgan fingerprint density at radius 3 is 2.68 bits per heavy atom. The number of anilines is 1. The molecule has 1 aliphatic heterocycles. The number of nitrogens with zero attached hydrogens (tertiary/aromatic N) is 2. The van der Waals surface area contributed by atoms with Crippen molar-refractivity contribution in [2.75, 3.05) is 11.9 Å². The van der Waals surface area contributed by atoms with Gasteiger partial charge >= 0.3 is 0 Å². The van der Waals surface area contributed by atoms with Crippen LogP contribution in [0.5, 0.6) is 0 Å². The van der Waals surface area contributed by atoms with Gasteiger partial charge in [-0.1, -0.05) is 42.5 Å². The first-order valence-electron chi connectivity index (χ1n) is 10.8. The fourth-order valence-corrected chi connectivity index (χ4v) is 6.69. The van der Waals surface area contributed by atoms with Crippen LogP contribution in [0.3, 0.4) is 0 Å². The van der Waals surface area contributed by atoms with Gasteiger partial charge in [-0.05, 0) is 42.5 Å². The van der Waals surface area contributed by atoms with Crippen LogP contribution in [-0.2, 0) is 24.3 Å². The third-order valence-corrected chi connectivity index (χ3v) is 8.26. The van der Waals surface area contributed by atoms with Crippen LogP contribution in [0.25, 0.3) is 20.8 Å². The molecule has 3 heterocycles. The largest absolute Gasteiger partial charge is 0.317 e. The summed E-state index contributed by atoms with van der Waals surface area (Å²) in [6.07, 6.45) is 3.01. The molecule has 2 aromatic carbocycles. The summed E-state index contributed by atoms with van der Waals surface area (Å²) in [5.74, 6) is 0.360.